The van der Waals surface area contributed by atoms with Gasteiger partial charge in [-0.05, 0) is 41.9 Å². The number of nitrogens with zero attached hydrogens (tertiary/aromatic N) is 3. The Labute approximate surface area is 125 Å². The molecule has 2 aromatic rings. The lowest BCUT2D eigenvalue weighted by molar-refractivity contribution is -0.131. The zero-order valence-electron chi connectivity index (χ0n) is 11.2. The van der Waals surface area contributed by atoms with E-state index < -0.39 is 0 Å². The number of thiophene rings is 1. The highest BCUT2D eigenvalue weighted by atomic mass is 79.9. The van der Waals surface area contributed by atoms with Gasteiger partial charge in [0, 0.05) is 27.5 Å². The molecule has 19 heavy (non-hydrogen) atoms. The molecule has 102 valence electrons. The Morgan fingerprint density at radius 3 is 2.74 bits per heavy atom. The third-order valence-electron chi connectivity index (χ3n) is 2.83. The molecule has 0 bridgehead atoms. The van der Waals surface area contributed by atoms with E-state index in [0.717, 1.165) is 20.7 Å². The maximum atomic E-state index is 12.1. The molecule has 0 saturated carbocycles. The van der Waals surface area contributed by atoms with Crippen LogP contribution in [0, 0.1) is 13.8 Å². The van der Waals surface area contributed by atoms with Gasteiger partial charge in [0.05, 0.1) is 12.2 Å². The molecule has 0 aliphatic rings. The summed E-state index contributed by atoms with van der Waals surface area (Å²) >= 11 is 5.06. The van der Waals surface area contributed by atoms with E-state index in [-0.39, 0.29) is 5.91 Å². The molecule has 6 heteroatoms. The second kappa shape index (κ2) is 5.88. The quantitative estimate of drug-likeness (QED) is 0.857. The van der Waals surface area contributed by atoms with Crippen LogP contribution in [0.1, 0.15) is 16.3 Å². The highest BCUT2D eigenvalue weighted by Gasteiger charge is 2.13. The summed E-state index contributed by atoms with van der Waals surface area (Å²) in [6.07, 6.45) is 0. The summed E-state index contributed by atoms with van der Waals surface area (Å²) < 4.78 is 2.81. The number of aryl methyl sites for hydroxylation is 2. The van der Waals surface area contributed by atoms with E-state index in [9.17, 15) is 4.79 Å². The Hall–Kier alpha value is -1.14. The first-order valence-electron chi connectivity index (χ1n) is 5.93. The van der Waals surface area contributed by atoms with Gasteiger partial charge in [-0.1, -0.05) is 0 Å². The molecule has 1 amide bonds. The van der Waals surface area contributed by atoms with Crippen molar-refractivity contribution in [2.24, 2.45) is 0 Å². The molecule has 0 radical (unpaired) electrons. The second-order valence-electron chi connectivity index (χ2n) is 4.57. The van der Waals surface area contributed by atoms with Crippen molar-refractivity contribution in [3.05, 3.63) is 38.3 Å². The van der Waals surface area contributed by atoms with Crippen LogP contribution in [0.25, 0.3) is 0 Å². The van der Waals surface area contributed by atoms with Crippen LogP contribution >= 0.6 is 27.3 Å². The Balaban J connectivity index is 1.97. The van der Waals surface area contributed by atoms with Crippen LogP contribution in [0.2, 0.25) is 0 Å². The van der Waals surface area contributed by atoms with Crippen molar-refractivity contribution in [2.45, 2.75) is 26.9 Å². The number of aromatic nitrogens is 2. The number of halogens is 1. The van der Waals surface area contributed by atoms with Crippen LogP contribution < -0.4 is 0 Å². The molecular formula is C13H16BrN3OS. The normalized spacial score (nSPS) is 10.7. The SMILES string of the molecule is Cc1cc(C)n(CC(=O)N(C)Cc2cc(Br)cs2)n1. The van der Waals surface area contributed by atoms with E-state index in [1.54, 1.807) is 20.9 Å². The van der Waals surface area contributed by atoms with Crippen molar-refractivity contribution in [1.82, 2.24) is 14.7 Å². The largest absolute Gasteiger partial charge is 0.339 e. The van der Waals surface area contributed by atoms with Gasteiger partial charge in [-0.3, -0.25) is 9.48 Å². The minimum Gasteiger partial charge on any atom is -0.339 e. The van der Waals surface area contributed by atoms with Gasteiger partial charge in [0.1, 0.15) is 6.54 Å². The van der Waals surface area contributed by atoms with Crippen LogP contribution in [0.5, 0.6) is 0 Å². The van der Waals surface area contributed by atoms with E-state index in [4.69, 9.17) is 0 Å². The fraction of sp³-hybridized carbons (Fsp3) is 0.385. The highest BCUT2D eigenvalue weighted by molar-refractivity contribution is 9.10. The standard InChI is InChI=1S/C13H16BrN3OS/c1-9-4-10(2)17(15-9)7-13(18)16(3)6-12-5-11(14)8-19-12/h4-5,8H,6-7H2,1-3H3. The molecule has 0 unspecified atom stereocenters. The number of rotatable bonds is 4. The summed E-state index contributed by atoms with van der Waals surface area (Å²) in [5.41, 5.74) is 1.95. The molecule has 0 fully saturated rings. The zero-order chi connectivity index (χ0) is 14.0. The van der Waals surface area contributed by atoms with Crippen molar-refractivity contribution in [1.29, 1.82) is 0 Å². The first-order valence-corrected chi connectivity index (χ1v) is 7.61. The number of carbonyl (C=O) groups is 1. The number of carbonyl (C=O) groups excluding carboxylic acids is 1. The molecule has 0 spiro atoms. The number of amides is 1. The summed E-state index contributed by atoms with van der Waals surface area (Å²) in [5.74, 6) is 0.0655. The summed E-state index contributed by atoms with van der Waals surface area (Å²) in [6.45, 7) is 4.82. The summed E-state index contributed by atoms with van der Waals surface area (Å²) in [5, 5.41) is 6.33. The first-order chi connectivity index (χ1) is 8.95. The van der Waals surface area contributed by atoms with Crippen LogP contribution in [-0.4, -0.2) is 27.6 Å². The van der Waals surface area contributed by atoms with Crippen LogP contribution in [0.3, 0.4) is 0 Å². The van der Waals surface area contributed by atoms with Crippen molar-refractivity contribution in [3.8, 4) is 0 Å². The van der Waals surface area contributed by atoms with Gasteiger partial charge in [-0.25, -0.2) is 0 Å². The van der Waals surface area contributed by atoms with Crippen LogP contribution in [0.15, 0.2) is 22.0 Å². The average Bonchev–Trinajstić information content (AvgIpc) is 2.85. The van der Waals surface area contributed by atoms with Gasteiger partial charge < -0.3 is 4.90 Å². The van der Waals surface area contributed by atoms with Gasteiger partial charge in [-0.2, -0.15) is 5.10 Å². The predicted molar refractivity (Wildman–Crippen MR) is 80.2 cm³/mol. The minimum absolute atomic E-state index is 0.0655. The van der Waals surface area contributed by atoms with Crippen LogP contribution in [0.4, 0.5) is 0 Å². The fourth-order valence-corrected chi connectivity index (χ4v) is 3.35. The topological polar surface area (TPSA) is 38.1 Å². The molecule has 2 rings (SSSR count). The van der Waals surface area contributed by atoms with Gasteiger partial charge in [-0.15, -0.1) is 11.3 Å². The van der Waals surface area contributed by atoms with Gasteiger partial charge in [0.25, 0.3) is 0 Å². The molecule has 0 atom stereocenters. The minimum atomic E-state index is 0.0655. The van der Waals surface area contributed by atoms with Crippen LogP contribution in [-0.2, 0) is 17.9 Å². The molecule has 0 N–H and O–H groups in total. The molecule has 2 aromatic heterocycles. The fourth-order valence-electron chi connectivity index (χ4n) is 1.84. The average molecular weight is 342 g/mol. The van der Waals surface area contributed by atoms with Crippen molar-refractivity contribution in [2.75, 3.05) is 7.05 Å². The summed E-state index contributed by atoms with van der Waals surface area (Å²) in [7, 11) is 1.82. The van der Waals surface area contributed by atoms with Crippen molar-refractivity contribution < 1.29 is 4.79 Å². The van der Waals surface area contributed by atoms with Gasteiger partial charge in [0.15, 0.2) is 0 Å². The Morgan fingerprint density at radius 2 is 2.21 bits per heavy atom. The molecule has 4 nitrogen and oxygen atoms in total. The molecule has 0 aliphatic heterocycles. The van der Waals surface area contributed by atoms with E-state index >= 15 is 0 Å². The molecular weight excluding hydrogens is 326 g/mol. The van der Waals surface area contributed by atoms with Crippen molar-refractivity contribution >= 4 is 33.2 Å². The molecule has 0 saturated heterocycles. The molecule has 0 aromatic carbocycles. The number of hydrogen-bond acceptors (Lipinski definition) is 3. The maximum Gasteiger partial charge on any atom is 0.244 e. The monoisotopic (exact) mass is 341 g/mol. The Kier molecular flexibility index (Phi) is 4.42. The lowest BCUT2D eigenvalue weighted by Gasteiger charge is -2.16. The van der Waals surface area contributed by atoms with Crippen molar-refractivity contribution in [3.63, 3.8) is 0 Å². The molecule has 2 heterocycles. The summed E-state index contributed by atoms with van der Waals surface area (Å²) in [6, 6.07) is 4.02. The Morgan fingerprint density at radius 1 is 1.47 bits per heavy atom. The van der Waals surface area contributed by atoms with E-state index in [2.05, 4.69) is 21.0 Å². The maximum absolute atomic E-state index is 12.1. The Bertz CT molecular complexity index is 590. The third-order valence-corrected chi connectivity index (χ3v) is 4.51. The number of hydrogen-bond donors (Lipinski definition) is 0. The second-order valence-corrected chi connectivity index (χ2v) is 6.48. The summed E-state index contributed by atoms with van der Waals surface area (Å²) in [4.78, 5) is 15.0. The first kappa shape index (κ1) is 14.3. The smallest absolute Gasteiger partial charge is 0.244 e. The lowest BCUT2D eigenvalue weighted by atomic mass is 10.4. The zero-order valence-corrected chi connectivity index (χ0v) is 13.6. The molecule has 0 aliphatic carbocycles. The number of likely N-dealkylation sites (N-methyl/N-ethyl adjacent to an activating group) is 1. The third kappa shape index (κ3) is 3.67. The van der Waals surface area contributed by atoms with E-state index in [1.165, 1.54) is 0 Å². The van der Waals surface area contributed by atoms with E-state index in [1.807, 2.05) is 38.4 Å². The van der Waals surface area contributed by atoms with Gasteiger partial charge >= 0.3 is 0 Å². The lowest BCUT2D eigenvalue weighted by Crippen LogP contribution is -2.30. The van der Waals surface area contributed by atoms with E-state index in [0.29, 0.717) is 13.1 Å². The van der Waals surface area contributed by atoms with Gasteiger partial charge in [0.2, 0.25) is 5.91 Å². The predicted octanol–water partition coefficient (Wildman–Crippen LogP) is 2.98. The highest BCUT2D eigenvalue weighted by Crippen LogP contribution is 2.20.